The van der Waals surface area contributed by atoms with Gasteiger partial charge in [0.1, 0.15) is 0 Å². The molecule has 0 aliphatic carbocycles. The van der Waals surface area contributed by atoms with Crippen molar-refractivity contribution in [3.05, 3.63) is 33.8 Å². The summed E-state index contributed by atoms with van der Waals surface area (Å²) in [5, 5.41) is 3.60. The Kier molecular flexibility index (Phi) is 4.70. The van der Waals surface area contributed by atoms with E-state index in [2.05, 4.69) is 67.1 Å². The lowest BCUT2D eigenvalue weighted by molar-refractivity contribution is 0.0884. The monoisotopic (exact) mass is 325 g/mol. The number of halogens is 1. The second-order valence-corrected chi connectivity index (χ2v) is 7.35. The zero-order chi connectivity index (χ0) is 14.0. The van der Waals surface area contributed by atoms with Crippen LogP contribution in [0.4, 0.5) is 0 Å². The summed E-state index contributed by atoms with van der Waals surface area (Å²) < 4.78 is 7.13. The van der Waals surface area contributed by atoms with Crippen LogP contribution >= 0.6 is 15.9 Å². The highest BCUT2D eigenvalue weighted by atomic mass is 79.9. The smallest absolute Gasteiger partial charge is 0.0876 e. The largest absolute Gasteiger partial charge is 0.373 e. The maximum absolute atomic E-state index is 5.97. The molecule has 106 valence electrons. The first-order valence-electron chi connectivity index (χ1n) is 6.99. The van der Waals surface area contributed by atoms with Gasteiger partial charge in [-0.3, -0.25) is 0 Å². The van der Waals surface area contributed by atoms with Crippen molar-refractivity contribution in [1.29, 1.82) is 0 Å². The first kappa shape index (κ1) is 15.0. The number of nitrogens with one attached hydrogen (secondary N) is 1. The van der Waals surface area contributed by atoms with Gasteiger partial charge in [-0.05, 0) is 51.3 Å². The van der Waals surface area contributed by atoms with E-state index in [-0.39, 0.29) is 11.6 Å². The van der Waals surface area contributed by atoms with Crippen LogP contribution in [0.15, 0.2) is 22.7 Å². The summed E-state index contributed by atoms with van der Waals surface area (Å²) in [7, 11) is 0. The van der Waals surface area contributed by atoms with Crippen molar-refractivity contribution in [3.63, 3.8) is 0 Å². The van der Waals surface area contributed by atoms with Crippen LogP contribution in [0.2, 0.25) is 0 Å². The summed E-state index contributed by atoms with van der Waals surface area (Å²) in [6.07, 6.45) is 1.35. The van der Waals surface area contributed by atoms with Crippen LogP contribution < -0.4 is 5.32 Å². The molecule has 1 fully saturated rings. The number of aryl methyl sites for hydroxylation is 1. The molecule has 2 rings (SSSR count). The van der Waals surface area contributed by atoms with Gasteiger partial charge < -0.3 is 10.1 Å². The van der Waals surface area contributed by atoms with Crippen molar-refractivity contribution in [2.75, 3.05) is 13.2 Å². The van der Waals surface area contributed by atoms with Crippen LogP contribution in [0.1, 0.15) is 44.4 Å². The Bertz CT molecular complexity index is 439. The first-order valence-corrected chi connectivity index (χ1v) is 7.79. The van der Waals surface area contributed by atoms with Crippen molar-refractivity contribution >= 4 is 15.9 Å². The molecule has 1 N–H and O–H groups in total. The lowest BCUT2D eigenvalue weighted by Gasteiger charge is -2.26. The summed E-state index contributed by atoms with van der Waals surface area (Å²) in [5.41, 5.74) is 2.72. The summed E-state index contributed by atoms with van der Waals surface area (Å²) in [5.74, 6) is 0.554. The number of benzene rings is 1. The summed E-state index contributed by atoms with van der Waals surface area (Å²) in [6.45, 7) is 10.6. The molecular formula is C16H24BrNO. The Morgan fingerprint density at radius 1 is 1.37 bits per heavy atom. The van der Waals surface area contributed by atoms with Crippen molar-refractivity contribution in [1.82, 2.24) is 5.32 Å². The van der Waals surface area contributed by atoms with E-state index in [1.807, 2.05) is 0 Å². The van der Waals surface area contributed by atoms with Crippen molar-refractivity contribution in [2.45, 2.75) is 45.8 Å². The van der Waals surface area contributed by atoms with Gasteiger partial charge in [0.05, 0.1) is 6.10 Å². The number of ether oxygens (including phenoxy) is 1. The third kappa shape index (κ3) is 4.04. The standard InChI is InChI=1S/C16H24BrNO/c1-11-5-6-13(14(17)9-11)15-12(7-8-19-15)10-18-16(2,3)4/h5-6,9,12,15,18H,7-8,10H2,1-4H3. The quantitative estimate of drug-likeness (QED) is 0.898. The second kappa shape index (κ2) is 5.94. The van der Waals surface area contributed by atoms with Crippen LogP contribution in [0.25, 0.3) is 0 Å². The molecule has 0 amide bonds. The van der Waals surface area contributed by atoms with Gasteiger partial charge in [-0.25, -0.2) is 0 Å². The van der Waals surface area contributed by atoms with Gasteiger partial charge in [-0.1, -0.05) is 28.1 Å². The maximum atomic E-state index is 5.97. The van der Waals surface area contributed by atoms with E-state index >= 15 is 0 Å². The van der Waals surface area contributed by atoms with E-state index in [1.54, 1.807) is 0 Å². The topological polar surface area (TPSA) is 21.3 Å². The normalized spacial score (nSPS) is 23.8. The molecule has 2 unspecified atom stereocenters. The highest BCUT2D eigenvalue weighted by Crippen LogP contribution is 2.38. The molecule has 0 spiro atoms. The van der Waals surface area contributed by atoms with E-state index in [1.165, 1.54) is 15.6 Å². The number of hydrogen-bond acceptors (Lipinski definition) is 2. The third-order valence-corrected chi connectivity index (χ3v) is 4.26. The van der Waals surface area contributed by atoms with E-state index in [0.29, 0.717) is 5.92 Å². The number of rotatable bonds is 3. The van der Waals surface area contributed by atoms with Gasteiger partial charge in [0.2, 0.25) is 0 Å². The summed E-state index contributed by atoms with van der Waals surface area (Å²) in [6, 6.07) is 6.53. The average molecular weight is 326 g/mol. The molecule has 1 aliphatic rings. The van der Waals surface area contributed by atoms with Crippen LogP contribution in [-0.2, 0) is 4.74 Å². The molecule has 1 aliphatic heterocycles. The minimum atomic E-state index is 0.164. The minimum absolute atomic E-state index is 0.164. The highest BCUT2D eigenvalue weighted by molar-refractivity contribution is 9.10. The Balaban J connectivity index is 2.10. The molecule has 1 heterocycles. The van der Waals surface area contributed by atoms with E-state index in [9.17, 15) is 0 Å². The van der Waals surface area contributed by atoms with Gasteiger partial charge in [-0.2, -0.15) is 0 Å². The molecule has 19 heavy (non-hydrogen) atoms. The van der Waals surface area contributed by atoms with Gasteiger partial charge in [0.15, 0.2) is 0 Å². The fraction of sp³-hybridized carbons (Fsp3) is 0.625. The molecule has 1 aromatic rings. The van der Waals surface area contributed by atoms with E-state index in [0.717, 1.165) is 19.6 Å². The maximum Gasteiger partial charge on any atom is 0.0876 e. The Hall–Kier alpha value is -0.380. The Morgan fingerprint density at radius 3 is 2.74 bits per heavy atom. The lowest BCUT2D eigenvalue weighted by Crippen LogP contribution is -2.39. The minimum Gasteiger partial charge on any atom is -0.373 e. The fourth-order valence-corrected chi connectivity index (χ4v) is 3.21. The predicted molar refractivity (Wildman–Crippen MR) is 83.4 cm³/mol. The third-order valence-electron chi connectivity index (χ3n) is 3.57. The zero-order valence-electron chi connectivity index (χ0n) is 12.3. The van der Waals surface area contributed by atoms with Crippen LogP contribution in [0.5, 0.6) is 0 Å². The molecule has 0 bridgehead atoms. The Morgan fingerprint density at radius 2 is 2.11 bits per heavy atom. The van der Waals surface area contributed by atoms with Crippen LogP contribution in [0, 0.1) is 12.8 Å². The molecule has 3 heteroatoms. The summed E-state index contributed by atoms with van der Waals surface area (Å²) >= 11 is 3.67. The van der Waals surface area contributed by atoms with Crippen LogP contribution in [0.3, 0.4) is 0 Å². The van der Waals surface area contributed by atoms with E-state index in [4.69, 9.17) is 4.74 Å². The van der Waals surface area contributed by atoms with Crippen molar-refractivity contribution in [2.24, 2.45) is 5.92 Å². The van der Waals surface area contributed by atoms with E-state index < -0.39 is 0 Å². The predicted octanol–water partition coefficient (Wildman–Crippen LogP) is 4.22. The molecular weight excluding hydrogens is 302 g/mol. The van der Waals surface area contributed by atoms with Gasteiger partial charge in [0, 0.05) is 29.1 Å². The number of hydrogen-bond donors (Lipinski definition) is 1. The summed E-state index contributed by atoms with van der Waals surface area (Å²) in [4.78, 5) is 0. The van der Waals surface area contributed by atoms with Gasteiger partial charge in [-0.15, -0.1) is 0 Å². The lowest BCUT2D eigenvalue weighted by atomic mass is 9.93. The second-order valence-electron chi connectivity index (χ2n) is 6.50. The SMILES string of the molecule is Cc1ccc(C2OCCC2CNC(C)(C)C)c(Br)c1. The molecule has 0 aromatic heterocycles. The average Bonchev–Trinajstić information content (AvgIpc) is 2.73. The van der Waals surface area contributed by atoms with Gasteiger partial charge in [0.25, 0.3) is 0 Å². The molecule has 0 saturated carbocycles. The first-order chi connectivity index (χ1) is 8.87. The zero-order valence-corrected chi connectivity index (χ0v) is 13.9. The molecule has 2 nitrogen and oxygen atoms in total. The van der Waals surface area contributed by atoms with Crippen molar-refractivity contribution < 1.29 is 4.74 Å². The fourth-order valence-electron chi connectivity index (χ4n) is 2.49. The molecule has 2 atom stereocenters. The molecule has 1 aromatic carbocycles. The Labute approximate surface area is 125 Å². The van der Waals surface area contributed by atoms with Gasteiger partial charge >= 0.3 is 0 Å². The highest BCUT2D eigenvalue weighted by Gasteiger charge is 2.31. The van der Waals surface area contributed by atoms with Crippen molar-refractivity contribution in [3.8, 4) is 0 Å². The molecule has 1 saturated heterocycles. The van der Waals surface area contributed by atoms with Crippen LogP contribution in [-0.4, -0.2) is 18.7 Å². The molecule has 0 radical (unpaired) electrons.